The van der Waals surface area contributed by atoms with Crippen molar-refractivity contribution in [1.29, 1.82) is 0 Å². The number of carbonyl (C=O) groups is 1. The third-order valence-electron chi connectivity index (χ3n) is 2.42. The molecule has 20 heavy (non-hydrogen) atoms. The summed E-state index contributed by atoms with van der Waals surface area (Å²) in [7, 11) is -2.22. The van der Waals surface area contributed by atoms with Crippen LogP contribution in [0.25, 0.3) is 0 Å². The highest BCUT2D eigenvalue weighted by Gasteiger charge is 2.37. The summed E-state index contributed by atoms with van der Waals surface area (Å²) in [6, 6.07) is 8.57. The Bertz CT molecular complexity index is 455. The second-order valence-electron chi connectivity index (χ2n) is 3.80. The van der Waals surface area contributed by atoms with Crippen molar-refractivity contribution in [2.24, 2.45) is 0 Å². The van der Waals surface area contributed by atoms with Gasteiger partial charge in [0.1, 0.15) is 0 Å². The largest absolute Gasteiger partial charge is 0.379 e. The minimum Gasteiger partial charge on any atom is -0.351 e. The molecule has 0 aromatic heterocycles. The lowest BCUT2D eigenvalue weighted by Gasteiger charge is -2.25. The molecule has 0 aliphatic rings. The van der Waals surface area contributed by atoms with E-state index >= 15 is 0 Å². The SMILES string of the molecule is CCOP(=O)(OCC)C(NC(=O)c1ccccc1)OC. The van der Waals surface area contributed by atoms with Gasteiger partial charge in [0.25, 0.3) is 5.91 Å². The van der Waals surface area contributed by atoms with Crippen molar-refractivity contribution in [2.45, 2.75) is 19.8 Å². The van der Waals surface area contributed by atoms with Crippen LogP contribution < -0.4 is 5.32 Å². The molecule has 0 fully saturated rings. The van der Waals surface area contributed by atoms with E-state index < -0.39 is 19.5 Å². The molecule has 0 radical (unpaired) electrons. The summed E-state index contributed by atoms with van der Waals surface area (Å²) >= 11 is 0. The van der Waals surface area contributed by atoms with Crippen LogP contribution in [-0.2, 0) is 18.3 Å². The Morgan fingerprint density at radius 3 is 2.20 bits per heavy atom. The Morgan fingerprint density at radius 1 is 1.20 bits per heavy atom. The summed E-state index contributed by atoms with van der Waals surface area (Å²) in [6.07, 6.45) is 0. The lowest BCUT2D eigenvalue weighted by Crippen LogP contribution is -2.37. The molecule has 1 N–H and O–H groups in total. The van der Waals surface area contributed by atoms with Gasteiger partial charge >= 0.3 is 7.60 Å². The molecule has 1 amide bonds. The number of carbonyl (C=O) groups excluding carboxylic acids is 1. The molecule has 1 rings (SSSR count). The first-order chi connectivity index (χ1) is 9.57. The molecule has 1 atom stereocenters. The summed E-state index contributed by atoms with van der Waals surface area (Å²) in [6.45, 7) is 3.77. The van der Waals surface area contributed by atoms with Crippen LogP contribution in [0, 0.1) is 0 Å². The highest BCUT2D eigenvalue weighted by molar-refractivity contribution is 7.54. The first kappa shape index (κ1) is 16.9. The van der Waals surface area contributed by atoms with Gasteiger partial charge in [-0.3, -0.25) is 9.36 Å². The second-order valence-corrected chi connectivity index (χ2v) is 5.87. The molecular formula is C13H20NO5P. The summed E-state index contributed by atoms with van der Waals surface area (Å²) in [5.74, 6) is -1.55. The molecule has 0 spiro atoms. The van der Waals surface area contributed by atoms with Crippen LogP contribution in [0.1, 0.15) is 24.2 Å². The Labute approximate surface area is 119 Å². The minimum atomic E-state index is -3.56. The molecular weight excluding hydrogens is 281 g/mol. The van der Waals surface area contributed by atoms with Gasteiger partial charge in [0.15, 0.2) is 0 Å². The maximum atomic E-state index is 12.5. The molecule has 6 nitrogen and oxygen atoms in total. The van der Waals surface area contributed by atoms with E-state index in [2.05, 4.69) is 5.32 Å². The monoisotopic (exact) mass is 301 g/mol. The van der Waals surface area contributed by atoms with Crippen LogP contribution in [0.2, 0.25) is 0 Å². The van der Waals surface area contributed by atoms with Gasteiger partial charge in [-0.15, -0.1) is 0 Å². The quantitative estimate of drug-likeness (QED) is 0.590. The number of rotatable bonds is 8. The zero-order valence-corrected chi connectivity index (χ0v) is 12.8. The first-order valence-electron chi connectivity index (χ1n) is 6.34. The van der Waals surface area contributed by atoms with Crippen LogP contribution >= 0.6 is 7.60 Å². The molecule has 0 saturated carbocycles. The number of benzene rings is 1. The molecule has 0 aliphatic heterocycles. The van der Waals surface area contributed by atoms with Crippen molar-refractivity contribution in [3.8, 4) is 0 Å². The van der Waals surface area contributed by atoms with Gasteiger partial charge in [0, 0.05) is 12.7 Å². The highest BCUT2D eigenvalue weighted by Crippen LogP contribution is 2.52. The van der Waals surface area contributed by atoms with Gasteiger partial charge in [-0.05, 0) is 26.0 Å². The fourth-order valence-electron chi connectivity index (χ4n) is 1.58. The van der Waals surface area contributed by atoms with Crippen LogP contribution in [0.15, 0.2) is 30.3 Å². The van der Waals surface area contributed by atoms with E-state index in [0.29, 0.717) is 5.56 Å². The Balaban J connectivity index is 2.84. The average molecular weight is 301 g/mol. The van der Waals surface area contributed by atoms with E-state index in [-0.39, 0.29) is 13.2 Å². The Morgan fingerprint density at radius 2 is 1.75 bits per heavy atom. The molecule has 1 unspecified atom stereocenters. The number of amides is 1. The first-order valence-corrected chi connectivity index (χ1v) is 7.96. The summed E-state index contributed by atoms with van der Waals surface area (Å²) in [4.78, 5) is 12.0. The number of hydrogen-bond donors (Lipinski definition) is 1. The lowest BCUT2D eigenvalue weighted by molar-refractivity contribution is 0.0675. The average Bonchev–Trinajstić information content (AvgIpc) is 2.45. The second kappa shape index (κ2) is 8.17. The standard InChI is InChI=1S/C13H20NO5P/c1-4-18-20(16,19-5-2)13(17-3)14-12(15)11-9-7-6-8-10-11/h6-10,13H,4-5H2,1-3H3,(H,14,15). The molecule has 7 heteroatoms. The van der Waals surface area contributed by atoms with E-state index in [0.717, 1.165) is 0 Å². The zero-order valence-electron chi connectivity index (χ0n) is 11.9. The van der Waals surface area contributed by atoms with E-state index in [1.807, 2.05) is 0 Å². The van der Waals surface area contributed by atoms with E-state index in [1.54, 1.807) is 44.2 Å². The van der Waals surface area contributed by atoms with Crippen LogP contribution in [0.3, 0.4) is 0 Å². The fourth-order valence-corrected chi connectivity index (χ4v) is 3.18. The molecule has 0 bridgehead atoms. The van der Waals surface area contributed by atoms with Crippen molar-refractivity contribution in [3.05, 3.63) is 35.9 Å². The maximum Gasteiger partial charge on any atom is 0.379 e. The van der Waals surface area contributed by atoms with Crippen LogP contribution in [-0.4, -0.2) is 32.2 Å². The van der Waals surface area contributed by atoms with Gasteiger partial charge in [-0.25, -0.2) is 0 Å². The Hall–Kier alpha value is -1.20. The van der Waals surface area contributed by atoms with Gasteiger partial charge < -0.3 is 19.1 Å². The van der Waals surface area contributed by atoms with Crippen LogP contribution in [0.4, 0.5) is 0 Å². The van der Waals surface area contributed by atoms with Crippen molar-refractivity contribution in [1.82, 2.24) is 5.32 Å². The van der Waals surface area contributed by atoms with E-state index in [9.17, 15) is 9.36 Å². The molecule has 0 heterocycles. The smallest absolute Gasteiger partial charge is 0.351 e. The minimum absolute atomic E-state index is 0.193. The maximum absolute atomic E-state index is 12.5. The van der Waals surface area contributed by atoms with E-state index in [1.165, 1.54) is 7.11 Å². The Kier molecular flexibility index (Phi) is 6.88. The van der Waals surface area contributed by atoms with Gasteiger partial charge in [0.05, 0.1) is 13.2 Å². The third-order valence-corrected chi connectivity index (χ3v) is 4.57. The number of hydrogen-bond acceptors (Lipinski definition) is 5. The fraction of sp³-hybridized carbons (Fsp3) is 0.462. The molecule has 112 valence electrons. The number of methoxy groups -OCH3 is 1. The van der Waals surface area contributed by atoms with Gasteiger partial charge in [-0.2, -0.15) is 0 Å². The number of ether oxygens (including phenoxy) is 1. The topological polar surface area (TPSA) is 73.9 Å². The molecule has 1 aromatic carbocycles. The normalized spacial score (nSPS) is 12.9. The van der Waals surface area contributed by atoms with Crippen molar-refractivity contribution >= 4 is 13.5 Å². The summed E-state index contributed by atoms with van der Waals surface area (Å²) in [5, 5.41) is 2.52. The van der Waals surface area contributed by atoms with Crippen molar-refractivity contribution < 1.29 is 23.1 Å². The van der Waals surface area contributed by atoms with Crippen molar-refractivity contribution in [3.63, 3.8) is 0 Å². The van der Waals surface area contributed by atoms with Gasteiger partial charge in [-0.1, -0.05) is 18.2 Å². The predicted molar refractivity (Wildman–Crippen MR) is 75.6 cm³/mol. The number of nitrogens with one attached hydrogen (secondary N) is 1. The van der Waals surface area contributed by atoms with Crippen molar-refractivity contribution in [2.75, 3.05) is 20.3 Å². The predicted octanol–water partition coefficient (Wildman–Crippen LogP) is 2.61. The van der Waals surface area contributed by atoms with E-state index in [4.69, 9.17) is 13.8 Å². The third kappa shape index (κ3) is 4.42. The van der Waals surface area contributed by atoms with Crippen LogP contribution in [0.5, 0.6) is 0 Å². The summed E-state index contributed by atoms with van der Waals surface area (Å²) < 4.78 is 27.9. The highest BCUT2D eigenvalue weighted by atomic mass is 31.2. The van der Waals surface area contributed by atoms with Gasteiger partial charge in [0.2, 0.25) is 5.97 Å². The molecule has 0 saturated heterocycles. The summed E-state index contributed by atoms with van der Waals surface area (Å²) in [5.41, 5.74) is 0.439. The molecule has 0 aliphatic carbocycles. The zero-order chi connectivity index (χ0) is 15.0. The molecule has 1 aromatic rings. The lowest BCUT2D eigenvalue weighted by atomic mass is 10.2.